The van der Waals surface area contributed by atoms with E-state index in [1.807, 2.05) is 22.9 Å². The molecule has 0 spiro atoms. The molecule has 0 atom stereocenters. The van der Waals surface area contributed by atoms with Gasteiger partial charge in [0.15, 0.2) is 0 Å². The van der Waals surface area contributed by atoms with E-state index in [4.69, 9.17) is 17.3 Å². The zero-order valence-corrected chi connectivity index (χ0v) is 9.41. The molecule has 0 radical (unpaired) electrons. The lowest BCUT2D eigenvalue weighted by Crippen LogP contribution is -2.07. The molecule has 0 bridgehead atoms. The second kappa shape index (κ2) is 4.68. The van der Waals surface area contributed by atoms with Gasteiger partial charge in [0.1, 0.15) is 5.82 Å². The normalized spacial score (nSPS) is 10.7. The number of hydrogen-bond donors (Lipinski definition) is 1. The summed E-state index contributed by atoms with van der Waals surface area (Å²) in [7, 11) is 0. The number of halogens is 2. The first-order chi connectivity index (χ1) is 7.72. The molecule has 2 aromatic rings. The van der Waals surface area contributed by atoms with Crippen LogP contribution >= 0.6 is 11.6 Å². The lowest BCUT2D eigenvalue weighted by molar-refractivity contribution is 0.627. The molecular weight excluding hydrogens is 227 g/mol. The largest absolute Gasteiger partial charge is 0.330 e. The second-order valence-corrected chi connectivity index (χ2v) is 3.91. The third-order valence-corrected chi connectivity index (χ3v) is 2.70. The van der Waals surface area contributed by atoms with Gasteiger partial charge in [0.25, 0.3) is 0 Å². The van der Waals surface area contributed by atoms with Crippen LogP contribution in [-0.4, -0.2) is 11.1 Å². The van der Waals surface area contributed by atoms with Gasteiger partial charge in [-0.1, -0.05) is 11.6 Å². The fourth-order valence-electron chi connectivity index (χ4n) is 1.65. The Morgan fingerprint density at radius 3 is 2.81 bits per heavy atom. The monoisotopic (exact) mass is 238 g/mol. The van der Waals surface area contributed by atoms with Crippen LogP contribution in [0.15, 0.2) is 36.5 Å². The summed E-state index contributed by atoms with van der Waals surface area (Å²) >= 11 is 5.75. The average Bonchev–Trinajstić information content (AvgIpc) is 2.71. The molecule has 2 rings (SSSR count). The van der Waals surface area contributed by atoms with Crippen molar-refractivity contribution in [3.63, 3.8) is 0 Å². The summed E-state index contributed by atoms with van der Waals surface area (Å²) in [5, 5.41) is 0.130. The molecule has 0 saturated heterocycles. The van der Waals surface area contributed by atoms with Crippen molar-refractivity contribution in [1.82, 2.24) is 4.57 Å². The Balaban J connectivity index is 2.42. The van der Waals surface area contributed by atoms with Gasteiger partial charge in [-0.15, -0.1) is 0 Å². The topological polar surface area (TPSA) is 30.9 Å². The summed E-state index contributed by atoms with van der Waals surface area (Å²) in [4.78, 5) is 0. The van der Waals surface area contributed by atoms with Crippen LogP contribution in [0, 0.1) is 5.82 Å². The Hall–Kier alpha value is -1.32. The van der Waals surface area contributed by atoms with Gasteiger partial charge in [0.2, 0.25) is 0 Å². The van der Waals surface area contributed by atoms with Gasteiger partial charge in [-0.05, 0) is 36.9 Å². The molecular formula is C12H12ClFN2. The van der Waals surface area contributed by atoms with Crippen LogP contribution in [-0.2, 0) is 6.42 Å². The van der Waals surface area contributed by atoms with Crippen molar-refractivity contribution < 1.29 is 4.39 Å². The van der Waals surface area contributed by atoms with Crippen molar-refractivity contribution in [2.75, 3.05) is 6.54 Å². The van der Waals surface area contributed by atoms with E-state index in [1.54, 1.807) is 12.1 Å². The Labute approximate surface area is 98.4 Å². The summed E-state index contributed by atoms with van der Waals surface area (Å²) in [6, 6.07) is 8.59. The molecule has 2 nitrogen and oxygen atoms in total. The van der Waals surface area contributed by atoms with E-state index in [1.165, 1.54) is 6.07 Å². The third kappa shape index (κ3) is 2.10. The molecule has 0 unspecified atom stereocenters. The van der Waals surface area contributed by atoms with Crippen molar-refractivity contribution in [2.45, 2.75) is 6.42 Å². The molecule has 2 N–H and O–H groups in total. The number of aromatic nitrogens is 1. The lowest BCUT2D eigenvalue weighted by atomic mass is 10.2. The molecule has 1 aromatic carbocycles. The van der Waals surface area contributed by atoms with Gasteiger partial charge >= 0.3 is 0 Å². The summed E-state index contributed by atoms with van der Waals surface area (Å²) in [5.41, 5.74) is 7.46. The predicted octanol–water partition coefficient (Wildman–Crippen LogP) is 2.77. The van der Waals surface area contributed by atoms with Crippen LogP contribution in [0.2, 0.25) is 5.02 Å². The van der Waals surface area contributed by atoms with Gasteiger partial charge < -0.3 is 10.3 Å². The smallest absolute Gasteiger partial charge is 0.141 e. The first kappa shape index (κ1) is 11.2. The Morgan fingerprint density at radius 2 is 2.12 bits per heavy atom. The standard InChI is InChI=1S/C12H12ClFN2/c13-11-8-10(3-4-12(11)14)16-7-1-2-9(16)5-6-15/h1-4,7-8H,5-6,15H2. The van der Waals surface area contributed by atoms with Crippen molar-refractivity contribution in [2.24, 2.45) is 5.73 Å². The van der Waals surface area contributed by atoms with E-state index in [0.717, 1.165) is 17.8 Å². The highest BCUT2D eigenvalue weighted by molar-refractivity contribution is 6.30. The SMILES string of the molecule is NCCc1cccn1-c1ccc(F)c(Cl)c1. The minimum absolute atomic E-state index is 0.130. The van der Waals surface area contributed by atoms with Crippen molar-refractivity contribution in [3.05, 3.63) is 53.1 Å². The molecule has 0 aliphatic rings. The minimum atomic E-state index is -0.405. The zero-order valence-electron chi connectivity index (χ0n) is 8.66. The molecule has 4 heteroatoms. The molecule has 1 aromatic heterocycles. The molecule has 16 heavy (non-hydrogen) atoms. The second-order valence-electron chi connectivity index (χ2n) is 3.51. The van der Waals surface area contributed by atoms with Crippen LogP contribution in [0.3, 0.4) is 0 Å². The summed E-state index contributed by atoms with van der Waals surface area (Å²) < 4.78 is 15.0. The van der Waals surface area contributed by atoms with Crippen molar-refractivity contribution in [1.29, 1.82) is 0 Å². The Morgan fingerprint density at radius 1 is 1.31 bits per heavy atom. The number of nitrogens with zero attached hydrogens (tertiary/aromatic N) is 1. The van der Waals surface area contributed by atoms with Crippen LogP contribution < -0.4 is 5.73 Å². The van der Waals surface area contributed by atoms with Crippen molar-refractivity contribution in [3.8, 4) is 5.69 Å². The zero-order chi connectivity index (χ0) is 11.5. The van der Waals surface area contributed by atoms with Crippen LogP contribution in [0.4, 0.5) is 4.39 Å². The Kier molecular flexibility index (Phi) is 3.27. The first-order valence-corrected chi connectivity index (χ1v) is 5.42. The van der Waals surface area contributed by atoms with Gasteiger partial charge in [-0.25, -0.2) is 4.39 Å². The average molecular weight is 239 g/mol. The molecule has 0 aliphatic carbocycles. The van der Waals surface area contributed by atoms with Crippen LogP contribution in [0.25, 0.3) is 5.69 Å². The van der Waals surface area contributed by atoms with Crippen LogP contribution in [0.5, 0.6) is 0 Å². The van der Waals surface area contributed by atoms with Crippen LogP contribution in [0.1, 0.15) is 5.69 Å². The maximum atomic E-state index is 13.0. The van der Waals surface area contributed by atoms with E-state index < -0.39 is 5.82 Å². The Bertz CT molecular complexity index is 494. The number of rotatable bonds is 3. The number of hydrogen-bond acceptors (Lipinski definition) is 1. The molecule has 0 fully saturated rings. The quantitative estimate of drug-likeness (QED) is 0.876. The highest BCUT2D eigenvalue weighted by Crippen LogP contribution is 2.20. The highest BCUT2D eigenvalue weighted by Gasteiger charge is 2.05. The van der Waals surface area contributed by atoms with Gasteiger partial charge in [0.05, 0.1) is 5.02 Å². The summed E-state index contributed by atoms with van der Waals surface area (Å²) in [5.74, 6) is -0.405. The third-order valence-electron chi connectivity index (χ3n) is 2.42. The van der Waals surface area contributed by atoms with Crippen molar-refractivity contribution >= 4 is 11.6 Å². The van der Waals surface area contributed by atoms with E-state index in [9.17, 15) is 4.39 Å². The first-order valence-electron chi connectivity index (χ1n) is 5.04. The number of nitrogens with two attached hydrogens (primary N) is 1. The molecule has 0 aliphatic heterocycles. The predicted molar refractivity (Wildman–Crippen MR) is 63.5 cm³/mol. The fraction of sp³-hybridized carbons (Fsp3) is 0.167. The fourth-order valence-corrected chi connectivity index (χ4v) is 1.83. The van der Waals surface area contributed by atoms with E-state index in [-0.39, 0.29) is 5.02 Å². The maximum absolute atomic E-state index is 13.0. The molecule has 0 amide bonds. The summed E-state index contributed by atoms with van der Waals surface area (Å²) in [6.07, 6.45) is 2.69. The van der Waals surface area contributed by atoms with E-state index >= 15 is 0 Å². The summed E-state index contributed by atoms with van der Waals surface area (Å²) in [6.45, 7) is 0.582. The molecule has 1 heterocycles. The lowest BCUT2D eigenvalue weighted by Gasteiger charge is -2.09. The van der Waals surface area contributed by atoms with E-state index in [2.05, 4.69) is 0 Å². The van der Waals surface area contributed by atoms with Gasteiger partial charge in [-0.2, -0.15) is 0 Å². The highest BCUT2D eigenvalue weighted by atomic mass is 35.5. The van der Waals surface area contributed by atoms with E-state index in [0.29, 0.717) is 6.54 Å². The minimum Gasteiger partial charge on any atom is -0.330 e. The van der Waals surface area contributed by atoms with Gasteiger partial charge in [-0.3, -0.25) is 0 Å². The van der Waals surface area contributed by atoms with Gasteiger partial charge in [0, 0.05) is 24.0 Å². The number of benzene rings is 1. The molecule has 84 valence electrons. The maximum Gasteiger partial charge on any atom is 0.141 e. The molecule has 0 saturated carbocycles.